The summed E-state index contributed by atoms with van der Waals surface area (Å²) in [5, 5.41) is 3.39. The second-order valence-corrected chi connectivity index (χ2v) is 7.11. The van der Waals surface area contributed by atoms with E-state index < -0.39 is 5.60 Å². The zero-order valence-corrected chi connectivity index (χ0v) is 15.5. The van der Waals surface area contributed by atoms with Crippen LogP contribution in [0.1, 0.15) is 52.7 Å². The maximum absolute atomic E-state index is 12.2. The number of hydrogen-bond acceptors (Lipinski definition) is 3. The zero-order valence-electron chi connectivity index (χ0n) is 15.5. The van der Waals surface area contributed by atoms with E-state index in [1.807, 2.05) is 34.6 Å². The Hall–Kier alpha value is -1.55. The monoisotopic (exact) mass is 320 g/mol. The molecule has 0 aliphatic carbocycles. The van der Waals surface area contributed by atoms with Gasteiger partial charge in [0.15, 0.2) is 0 Å². The fourth-order valence-electron chi connectivity index (χ4n) is 2.21. The average Bonchev–Trinajstić information content (AvgIpc) is 2.45. The minimum Gasteiger partial charge on any atom is -0.444 e. The summed E-state index contributed by atoms with van der Waals surface area (Å²) in [6.45, 7) is 14.0. The summed E-state index contributed by atoms with van der Waals surface area (Å²) in [7, 11) is 0. The lowest BCUT2D eigenvalue weighted by atomic mass is 10.1. The predicted octanol–water partition coefficient (Wildman–Crippen LogP) is 3.98. The van der Waals surface area contributed by atoms with Crippen molar-refractivity contribution < 1.29 is 9.53 Å². The van der Waals surface area contributed by atoms with Crippen molar-refractivity contribution in [3.8, 4) is 0 Å². The molecule has 0 saturated heterocycles. The molecule has 0 heterocycles. The first-order chi connectivity index (χ1) is 10.7. The molecule has 0 fully saturated rings. The number of benzene rings is 1. The van der Waals surface area contributed by atoms with E-state index in [4.69, 9.17) is 4.74 Å². The third kappa shape index (κ3) is 7.51. The highest BCUT2D eigenvalue weighted by Gasteiger charge is 2.23. The lowest BCUT2D eigenvalue weighted by molar-refractivity contribution is 0.0193. The summed E-state index contributed by atoms with van der Waals surface area (Å²) in [4.78, 5) is 14.0. The number of hydrogen-bond donors (Lipinski definition) is 1. The average molecular weight is 320 g/mol. The van der Waals surface area contributed by atoms with Crippen LogP contribution in [-0.2, 0) is 17.7 Å². The summed E-state index contributed by atoms with van der Waals surface area (Å²) in [5.41, 5.74) is 2.15. The molecule has 23 heavy (non-hydrogen) atoms. The molecule has 1 aromatic carbocycles. The number of aryl methyl sites for hydroxylation is 1. The van der Waals surface area contributed by atoms with Crippen molar-refractivity contribution in [1.29, 1.82) is 0 Å². The van der Waals surface area contributed by atoms with Gasteiger partial charge in [0, 0.05) is 25.7 Å². The summed E-state index contributed by atoms with van der Waals surface area (Å²) in [5.74, 6) is 0. The summed E-state index contributed by atoms with van der Waals surface area (Å²) < 4.78 is 5.46. The molecule has 0 saturated carbocycles. The van der Waals surface area contributed by atoms with Crippen molar-refractivity contribution in [3.05, 3.63) is 35.4 Å². The number of ether oxygens (including phenoxy) is 1. The van der Waals surface area contributed by atoms with Gasteiger partial charge in [0.1, 0.15) is 5.60 Å². The Morgan fingerprint density at radius 2 is 1.74 bits per heavy atom. The molecular weight excluding hydrogens is 288 g/mol. The molecule has 0 atom stereocenters. The number of nitrogens with zero attached hydrogens (tertiary/aromatic N) is 1. The van der Waals surface area contributed by atoms with Gasteiger partial charge in [0.05, 0.1) is 0 Å². The Kier molecular flexibility index (Phi) is 7.56. The van der Waals surface area contributed by atoms with Crippen LogP contribution in [0.25, 0.3) is 0 Å². The van der Waals surface area contributed by atoms with Crippen molar-refractivity contribution >= 4 is 6.09 Å². The first kappa shape index (κ1) is 19.5. The van der Waals surface area contributed by atoms with Gasteiger partial charge in [-0.05, 0) is 52.2 Å². The lowest BCUT2D eigenvalue weighted by Crippen LogP contribution is -2.44. The number of amides is 1. The van der Waals surface area contributed by atoms with Gasteiger partial charge in [-0.1, -0.05) is 31.2 Å². The normalized spacial score (nSPS) is 11.6. The molecule has 1 N–H and O–H groups in total. The van der Waals surface area contributed by atoms with E-state index in [1.165, 1.54) is 11.1 Å². The van der Waals surface area contributed by atoms with E-state index in [1.54, 1.807) is 4.90 Å². The largest absolute Gasteiger partial charge is 0.444 e. The molecule has 0 aromatic heterocycles. The minimum atomic E-state index is -0.460. The molecule has 0 unspecified atom stereocenters. The number of carbonyl (C=O) groups excluding carboxylic acids is 1. The predicted molar refractivity (Wildman–Crippen MR) is 95.6 cm³/mol. The summed E-state index contributed by atoms with van der Waals surface area (Å²) in [6.07, 6.45) is 0.814. The van der Waals surface area contributed by atoms with Gasteiger partial charge in [-0.25, -0.2) is 4.79 Å². The summed E-state index contributed by atoms with van der Waals surface area (Å²) >= 11 is 0. The van der Waals surface area contributed by atoms with Gasteiger partial charge >= 0.3 is 6.09 Å². The lowest BCUT2D eigenvalue weighted by Gasteiger charge is -2.30. The van der Waals surface area contributed by atoms with Crippen LogP contribution < -0.4 is 5.32 Å². The van der Waals surface area contributed by atoms with Crippen molar-refractivity contribution in [2.75, 3.05) is 13.1 Å². The van der Waals surface area contributed by atoms with Gasteiger partial charge in [0.25, 0.3) is 0 Å². The van der Waals surface area contributed by atoms with Gasteiger partial charge in [-0.3, -0.25) is 0 Å². The molecule has 0 spiro atoms. The molecule has 1 rings (SSSR count). The first-order valence-electron chi connectivity index (χ1n) is 8.51. The van der Waals surface area contributed by atoms with Gasteiger partial charge in [0.2, 0.25) is 0 Å². The van der Waals surface area contributed by atoms with Gasteiger partial charge in [-0.2, -0.15) is 0 Å². The molecule has 0 radical (unpaired) electrons. The Bertz CT molecular complexity index is 475. The third-order valence-electron chi connectivity index (χ3n) is 3.54. The first-order valence-corrected chi connectivity index (χ1v) is 8.51. The van der Waals surface area contributed by atoms with Crippen molar-refractivity contribution in [2.24, 2.45) is 0 Å². The Labute approximate surface area is 141 Å². The van der Waals surface area contributed by atoms with E-state index >= 15 is 0 Å². The van der Waals surface area contributed by atoms with Crippen LogP contribution in [0.15, 0.2) is 24.3 Å². The maximum atomic E-state index is 12.2. The van der Waals surface area contributed by atoms with Crippen molar-refractivity contribution in [1.82, 2.24) is 10.2 Å². The second-order valence-electron chi connectivity index (χ2n) is 7.11. The minimum absolute atomic E-state index is 0.121. The second kappa shape index (κ2) is 8.92. The third-order valence-corrected chi connectivity index (χ3v) is 3.54. The van der Waals surface area contributed by atoms with Crippen molar-refractivity contribution in [3.63, 3.8) is 0 Å². The van der Waals surface area contributed by atoms with Crippen LogP contribution in [0.4, 0.5) is 4.79 Å². The SMILES string of the molecule is CCc1ccc(CNCCN(C(=O)OC(C)(C)C)C(C)C)cc1. The van der Waals surface area contributed by atoms with Crippen molar-refractivity contribution in [2.45, 2.75) is 66.2 Å². The smallest absolute Gasteiger partial charge is 0.410 e. The number of nitrogens with one attached hydrogen (secondary N) is 1. The summed E-state index contributed by atoms with van der Waals surface area (Å²) in [6, 6.07) is 8.76. The van der Waals surface area contributed by atoms with Crippen LogP contribution in [-0.4, -0.2) is 35.7 Å². The molecule has 0 aliphatic heterocycles. The van der Waals surface area contributed by atoms with Gasteiger partial charge in [-0.15, -0.1) is 0 Å². The van der Waals surface area contributed by atoms with Crippen LogP contribution in [0.3, 0.4) is 0 Å². The van der Waals surface area contributed by atoms with Crippen LogP contribution >= 0.6 is 0 Å². The standard InChI is InChI=1S/C19H32N2O2/c1-7-16-8-10-17(11-9-16)14-20-12-13-21(15(2)3)18(22)23-19(4,5)6/h8-11,15,20H,7,12-14H2,1-6H3. The van der Waals surface area contributed by atoms with E-state index in [0.717, 1.165) is 19.5 Å². The number of rotatable bonds is 7. The molecule has 4 nitrogen and oxygen atoms in total. The molecular formula is C19H32N2O2. The molecule has 130 valence electrons. The maximum Gasteiger partial charge on any atom is 0.410 e. The van der Waals surface area contributed by atoms with E-state index in [0.29, 0.717) is 6.54 Å². The molecule has 1 aromatic rings. The number of carbonyl (C=O) groups is 1. The van der Waals surface area contributed by atoms with E-state index in [2.05, 4.69) is 36.5 Å². The Balaban J connectivity index is 2.42. The van der Waals surface area contributed by atoms with Gasteiger partial charge < -0.3 is 15.0 Å². The topological polar surface area (TPSA) is 41.6 Å². The highest BCUT2D eigenvalue weighted by atomic mass is 16.6. The van der Waals surface area contributed by atoms with Crippen LogP contribution in [0, 0.1) is 0 Å². The van der Waals surface area contributed by atoms with E-state index in [9.17, 15) is 4.79 Å². The molecule has 4 heteroatoms. The molecule has 0 bridgehead atoms. The fraction of sp³-hybridized carbons (Fsp3) is 0.632. The molecule has 0 aliphatic rings. The fourth-order valence-corrected chi connectivity index (χ4v) is 2.21. The molecule has 1 amide bonds. The Morgan fingerprint density at radius 3 is 2.22 bits per heavy atom. The highest BCUT2D eigenvalue weighted by molar-refractivity contribution is 5.68. The van der Waals surface area contributed by atoms with E-state index in [-0.39, 0.29) is 12.1 Å². The Morgan fingerprint density at radius 1 is 1.17 bits per heavy atom. The highest BCUT2D eigenvalue weighted by Crippen LogP contribution is 2.11. The quantitative estimate of drug-likeness (QED) is 0.773. The van der Waals surface area contributed by atoms with Crippen LogP contribution in [0.5, 0.6) is 0 Å². The van der Waals surface area contributed by atoms with Crippen LogP contribution in [0.2, 0.25) is 0 Å². The zero-order chi connectivity index (χ0) is 17.5.